The minimum atomic E-state index is -4.45. The first kappa shape index (κ1) is 26.0. The van der Waals surface area contributed by atoms with Crippen molar-refractivity contribution in [3.8, 4) is 17.0 Å². The smallest absolute Gasteiger partial charge is 0.416 e. The number of hydrogen-bond donors (Lipinski definition) is 2. The second kappa shape index (κ2) is 10.5. The molecular formula is C25H22ClF3N6O2. The molecule has 2 heterocycles. The van der Waals surface area contributed by atoms with E-state index in [1.165, 1.54) is 37.6 Å². The molecule has 0 radical (unpaired) electrons. The minimum absolute atomic E-state index is 0.172. The Hall–Kier alpha value is -4.12. The van der Waals surface area contributed by atoms with Gasteiger partial charge in [-0.15, -0.1) is 0 Å². The van der Waals surface area contributed by atoms with E-state index in [1.54, 1.807) is 16.9 Å². The molecule has 2 N–H and O–H groups in total. The fourth-order valence-corrected chi connectivity index (χ4v) is 3.57. The van der Waals surface area contributed by atoms with Crippen LogP contribution in [0.4, 0.5) is 30.5 Å². The Kier molecular flexibility index (Phi) is 7.35. The fourth-order valence-electron chi connectivity index (χ4n) is 3.37. The molecule has 0 bridgehead atoms. The van der Waals surface area contributed by atoms with Crippen molar-refractivity contribution >= 4 is 34.8 Å². The number of amides is 1. The van der Waals surface area contributed by atoms with Crippen molar-refractivity contribution in [3.05, 3.63) is 77.2 Å². The Morgan fingerprint density at radius 1 is 1.11 bits per heavy atom. The van der Waals surface area contributed by atoms with E-state index in [1.807, 2.05) is 20.0 Å². The zero-order valence-electron chi connectivity index (χ0n) is 20.0. The number of halogens is 4. The lowest BCUT2D eigenvalue weighted by molar-refractivity contribution is -0.137. The first-order valence-corrected chi connectivity index (χ1v) is 11.4. The van der Waals surface area contributed by atoms with Crippen LogP contribution in [0.3, 0.4) is 0 Å². The van der Waals surface area contributed by atoms with Gasteiger partial charge in [0.1, 0.15) is 5.75 Å². The van der Waals surface area contributed by atoms with Gasteiger partial charge in [0.2, 0.25) is 5.95 Å². The van der Waals surface area contributed by atoms with E-state index in [0.717, 1.165) is 17.7 Å². The Labute approximate surface area is 215 Å². The minimum Gasteiger partial charge on any atom is -0.495 e. The van der Waals surface area contributed by atoms with Gasteiger partial charge >= 0.3 is 6.18 Å². The molecule has 2 aromatic heterocycles. The highest BCUT2D eigenvalue weighted by molar-refractivity contribution is 6.32. The third-order valence-corrected chi connectivity index (χ3v) is 5.61. The highest BCUT2D eigenvalue weighted by Gasteiger charge is 2.30. The molecule has 192 valence electrons. The monoisotopic (exact) mass is 530 g/mol. The lowest BCUT2D eigenvalue weighted by atomic mass is 10.1. The van der Waals surface area contributed by atoms with Gasteiger partial charge in [-0.2, -0.15) is 18.3 Å². The summed E-state index contributed by atoms with van der Waals surface area (Å²) >= 11 is 6.32. The quantitative estimate of drug-likeness (QED) is 0.280. The second-order valence-corrected chi connectivity index (χ2v) is 8.67. The number of hydrogen-bond acceptors (Lipinski definition) is 6. The van der Waals surface area contributed by atoms with E-state index < -0.39 is 17.6 Å². The first-order valence-electron chi connectivity index (χ1n) is 11.1. The van der Waals surface area contributed by atoms with E-state index >= 15 is 0 Å². The van der Waals surface area contributed by atoms with Gasteiger partial charge < -0.3 is 15.4 Å². The van der Waals surface area contributed by atoms with Crippen LogP contribution in [-0.2, 0) is 6.18 Å². The van der Waals surface area contributed by atoms with E-state index in [-0.39, 0.29) is 23.2 Å². The summed E-state index contributed by atoms with van der Waals surface area (Å²) < 4.78 is 45.5. The van der Waals surface area contributed by atoms with E-state index in [9.17, 15) is 18.0 Å². The summed E-state index contributed by atoms with van der Waals surface area (Å²) in [5.74, 6) is 0.0570. The van der Waals surface area contributed by atoms with Crippen molar-refractivity contribution in [2.75, 3.05) is 17.7 Å². The normalized spacial score (nSPS) is 11.5. The topological polar surface area (TPSA) is 94.0 Å². The molecule has 37 heavy (non-hydrogen) atoms. The number of nitrogens with zero attached hydrogens (tertiary/aromatic N) is 4. The summed E-state index contributed by atoms with van der Waals surface area (Å²) in [5.41, 5.74) is 1.37. The maximum Gasteiger partial charge on any atom is 0.416 e. The largest absolute Gasteiger partial charge is 0.495 e. The van der Waals surface area contributed by atoms with Crippen LogP contribution in [-0.4, -0.2) is 32.8 Å². The Bertz CT molecular complexity index is 1420. The zero-order chi connectivity index (χ0) is 26.7. The average molecular weight is 531 g/mol. The van der Waals surface area contributed by atoms with Crippen LogP contribution in [0.1, 0.15) is 35.8 Å². The fraction of sp³-hybridized carbons (Fsp3) is 0.200. The molecule has 4 rings (SSSR count). The van der Waals surface area contributed by atoms with Crippen LogP contribution in [0.25, 0.3) is 11.3 Å². The van der Waals surface area contributed by atoms with E-state index in [2.05, 4.69) is 25.7 Å². The maximum absolute atomic E-state index is 12.8. The number of carbonyl (C=O) groups is 1. The highest BCUT2D eigenvalue weighted by atomic mass is 35.5. The van der Waals surface area contributed by atoms with Gasteiger partial charge in [0.25, 0.3) is 5.91 Å². The van der Waals surface area contributed by atoms with Crippen LogP contribution >= 0.6 is 11.6 Å². The van der Waals surface area contributed by atoms with Crippen LogP contribution in [0.15, 0.2) is 61.1 Å². The van der Waals surface area contributed by atoms with Crippen molar-refractivity contribution in [1.29, 1.82) is 0 Å². The number of rotatable bonds is 7. The lowest BCUT2D eigenvalue weighted by Crippen LogP contribution is -2.13. The standard InChI is InChI=1S/C25H22ClF3N6O2/c1-14(2)35-13-16(11-31-35)22-19(26)12-30-24(34-22)33-20-9-4-15(10-21(20)37-3)23(36)32-18-7-5-17(6-8-18)25(27,28)29/h4-14H,1-3H3,(H,32,36)(H,30,33,34). The molecule has 0 spiro atoms. The first-order chi connectivity index (χ1) is 17.5. The number of nitrogens with one attached hydrogen (secondary N) is 2. The maximum atomic E-state index is 12.8. The van der Waals surface area contributed by atoms with E-state index in [0.29, 0.717) is 22.2 Å². The lowest BCUT2D eigenvalue weighted by Gasteiger charge is -2.13. The number of benzene rings is 2. The number of alkyl halides is 3. The number of anilines is 3. The van der Waals surface area contributed by atoms with Crippen LogP contribution in [0.2, 0.25) is 5.02 Å². The molecule has 12 heteroatoms. The molecule has 0 atom stereocenters. The Morgan fingerprint density at radius 3 is 2.46 bits per heavy atom. The van der Waals surface area contributed by atoms with Crippen molar-refractivity contribution < 1.29 is 22.7 Å². The molecule has 0 aliphatic rings. The predicted octanol–water partition coefficient (Wildman–Crippen LogP) is 6.60. The second-order valence-electron chi connectivity index (χ2n) is 8.26. The molecule has 0 fully saturated rings. The summed E-state index contributed by atoms with van der Waals surface area (Å²) in [4.78, 5) is 21.4. The third kappa shape index (κ3) is 6.00. The summed E-state index contributed by atoms with van der Waals surface area (Å²) in [6, 6.07) is 8.98. The summed E-state index contributed by atoms with van der Waals surface area (Å²) in [6.07, 6.45) is 0.524. The van der Waals surface area contributed by atoms with Crippen LogP contribution in [0.5, 0.6) is 5.75 Å². The molecule has 8 nitrogen and oxygen atoms in total. The summed E-state index contributed by atoms with van der Waals surface area (Å²) in [5, 5.41) is 10.3. The van der Waals surface area contributed by atoms with Gasteiger partial charge in [-0.25, -0.2) is 9.97 Å². The molecule has 1 amide bonds. The van der Waals surface area contributed by atoms with Crippen molar-refractivity contribution in [2.45, 2.75) is 26.1 Å². The number of carbonyl (C=O) groups excluding carboxylic acids is 1. The van der Waals surface area contributed by atoms with Crippen LogP contribution in [0, 0.1) is 0 Å². The number of methoxy groups -OCH3 is 1. The Morgan fingerprint density at radius 2 is 1.84 bits per heavy atom. The SMILES string of the molecule is COc1cc(C(=O)Nc2ccc(C(F)(F)F)cc2)ccc1Nc1ncc(Cl)c(-c2cnn(C(C)C)c2)n1. The van der Waals surface area contributed by atoms with Gasteiger partial charge in [-0.05, 0) is 56.3 Å². The third-order valence-electron chi connectivity index (χ3n) is 5.33. The Balaban J connectivity index is 1.52. The van der Waals surface area contributed by atoms with Crippen molar-refractivity contribution in [3.63, 3.8) is 0 Å². The van der Waals surface area contributed by atoms with Crippen LogP contribution < -0.4 is 15.4 Å². The number of aromatic nitrogens is 4. The molecular weight excluding hydrogens is 509 g/mol. The summed E-state index contributed by atoms with van der Waals surface area (Å²) in [6.45, 7) is 4.01. The van der Waals surface area contributed by atoms with Gasteiger partial charge in [0.15, 0.2) is 0 Å². The van der Waals surface area contributed by atoms with Gasteiger partial charge in [-0.3, -0.25) is 9.48 Å². The van der Waals surface area contributed by atoms with Gasteiger partial charge in [0.05, 0.1) is 41.5 Å². The van der Waals surface area contributed by atoms with E-state index in [4.69, 9.17) is 16.3 Å². The zero-order valence-corrected chi connectivity index (χ0v) is 20.7. The molecule has 0 unspecified atom stereocenters. The van der Waals surface area contributed by atoms with Gasteiger partial charge in [0, 0.05) is 29.1 Å². The molecule has 2 aromatic carbocycles. The average Bonchev–Trinajstić information content (AvgIpc) is 3.36. The number of ether oxygens (including phenoxy) is 1. The molecule has 0 aliphatic carbocycles. The molecule has 0 saturated carbocycles. The molecule has 4 aromatic rings. The highest BCUT2D eigenvalue weighted by Crippen LogP contribution is 2.32. The predicted molar refractivity (Wildman–Crippen MR) is 134 cm³/mol. The van der Waals surface area contributed by atoms with Crippen molar-refractivity contribution in [1.82, 2.24) is 19.7 Å². The summed E-state index contributed by atoms with van der Waals surface area (Å²) in [7, 11) is 1.44. The van der Waals surface area contributed by atoms with Crippen molar-refractivity contribution in [2.24, 2.45) is 0 Å². The molecule has 0 aliphatic heterocycles. The molecule has 0 saturated heterocycles. The van der Waals surface area contributed by atoms with Gasteiger partial charge in [-0.1, -0.05) is 11.6 Å².